The zero-order valence-corrected chi connectivity index (χ0v) is 9.48. The predicted octanol–water partition coefficient (Wildman–Crippen LogP) is 3.61. The second kappa shape index (κ2) is 4.73. The molecule has 78 valence electrons. The van der Waals surface area contributed by atoms with Crippen LogP contribution >= 0.6 is 22.9 Å². The van der Waals surface area contributed by atoms with E-state index in [4.69, 9.17) is 11.6 Å². The third-order valence-electron chi connectivity index (χ3n) is 2.03. The normalized spacial score (nSPS) is 10.5. The van der Waals surface area contributed by atoms with Crippen LogP contribution in [0.25, 0.3) is 0 Å². The maximum absolute atomic E-state index is 13.3. The van der Waals surface area contributed by atoms with E-state index in [1.807, 2.05) is 6.07 Å². The number of halogens is 2. The molecule has 0 atom stereocenters. The molecular formula is C11H9ClFNS. The van der Waals surface area contributed by atoms with Gasteiger partial charge in [-0.15, -0.1) is 22.9 Å². The van der Waals surface area contributed by atoms with Crippen LogP contribution in [0, 0.1) is 5.82 Å². The first-order valence-electron chi connectivity index (χ1n) is 4.52. The van der Waals surface area contributed by atoms with Crippen LogP contribution < -0.4 is 0 Å². The van der Waals surface area contributed by atoms with Gasteiger partial charge in [0.1, 0.15) is 5.82 Å². The monoisotopic (exact) mass is 241 g/mol. The average molecular weight is 242 g/mol. The van der Waals surface area contributed by atoms with Crippen LogP contribution in [0.2, 0.25) is 0 Å². The zero-order chi connectivity index (χ0) is 10.7. The molecule has 1 nitrogen and oxygen atoms in total. The lowest BCUT2D eigenvalue weighted by atomic mass is 10.1. The summed E-state index contributed by atoms with van der Waals surface area (Å²) < 4.78 is 13.3. The maximum Gasteiger partial charge on any atom is 0.126 e. The van der Waals surface area contributed by atoms with Gasteiger partial charge in [0.05, 0.1) is 10.9 Å². The third-order valence-corrected chi connectivity index (χ3v) is 3.48. The van der Waals surface area contributed by atoms with Gasteiger partial charge in [0.2, 0.25) is 0 Å². The number of hydrogen-bond donors (Lipinski definition) is 0. The zero-order valence-electron chi connectivity index (χ0n) is 7.91. The second-order valence-corrected chi connectivity index (χ2v) is 4.59. The first kappa shape index (κ1) is 10.6. The highest BCUT2D eigenvalue weighted by Gasteiger charge is 2.05. The number of rotatable bonds is 3. The number of alkyl halides is 1. The minimum Gasteiger partial charge on any atom is -0.249 e. The molecular weight excluding hydrogens is 233 g/mol. The largest absolute Gasteiger partial charge is 0.249 e. The summed E-state index contributed by atoms with van der Waals surface area (Å²) in [5, 5.41) is 0.899. The molecule has 0 amide bonds. The fraction of sp³-hybridized carbons (Fsp3) is 0.182. The molecule has 1 heterocycles. The Balaban J connectivity index is 2.18. The molecule has 0 aliphatic heterocycles. The van der Waals surface area contributed by atoms with Crippen molar-refractivity contribution in [1.82, 2.24) is 4.98 Å². The molecule has 0 bridgehead atoms. The lowest BCUT2D eigenvalue weighted by Crippen LogP contribution is -1.90. The van der Waals surface area contributed by atoms with E-state index in [2.05, 4.69) is 4.98 Å². The maximum atomic E-state index is 13.3. The van der Waals surface area contributed by atoms with Crippen molar-refractivity contribution >= 4 is 22.9 Å². The first-order chi connectivity index (χ1) is 7.29. The van der Waals surface area contributed by atoms with E-state index in [1.54, 1.807) is 18.3 Å². The fourth-order valence-electron chi connectivity index (χ4n) is 1.30. The lowest BCUT2D eigenvalue weighted by Gasteiger charge is -1.98. The Kier molecular flexibility index (Phi) is 3.34. The van der Waals surface area contributed by atoms with Crippen LogP contribution in [0.15, 0.2) is 30.5 Å². The van der Waals surface area contributed by atoms with Crippen LogP contribution in [-0.2, 0) is 12.3 Å². The lowest BCUT2D eigenvalue weighted by molar-refractivity contribution is 0.614. The van der Waals surface area contributed by atoms with Crippen LogP contribution in [0.3, 0.4) is 0 Å². The van der Waals surface area contributed by atoms with E-state index in [-0.39, 0.29) is 5.82 Å². The molecule has 2 rings (SSSR count). The molecule has 0 fully saturated rings. The van der Waals surface area contributed by atoms with E-state index >= 15 is 0 Å². The van der Waals surface area contributed by atoms with Crippen molar-refractivity contribution in [3.05, 3.63) is 51.7 Å². The fourth-order valence-corrected chi connectivity index (χ4v) is 2.32. The number of aromatic nitrogens is 1. The Morgan fingerprint density at radius 2 is 2.13 bits per heavy atom. The summed E-state index contributed by atoms with van der Waals surface area (Å²) in [5.74, 6) is 0.287. The summed E-state index contributed by atoms with van der Waals surface area (Å²) in [6, 6.07) is 6.75. The molecule has 0 saturated heterocycles. The number of nitrogens with zero attached hydrogens (tertiary/aromatic N) is 1. The molecule has 0 N–H and O–H groups in total. The number of benzene rings is 1. The van der Waals surface area contributed by atoms with Crippen molar-refractivity contribution in [2.75, 3.05) is 0 Å². The standard InChI is InChI=1S/C11H9ClFNS/c12-6-9-7-14-11(15-9)5-8-3-1-2-4-10(8)13/h1-4,7H,5-6H2. The highest BCUT2D eigenvalue weighted by Crippen LogP contribution is 2.19. The molecule has 2 aromatic rings. The molecule has 0 radical (unpaired) electrons. The van der Waals surface area contributed by atoms with Crippen molar-refractivity contribution in [3.8, 4) is 0 Å². The topological polar surface area (TPSA) is 12.9 Å². The van der Waals surface area contributed by atoms with E-state index in [1.165, 1.54) is 17.4 Å². The molecule has 0 aliphatic carbocycles. The molecule has 0 aliphatic rings. The van der Waals surface area contributed by atoms with Crippen LogP contribution in [-0.4, -0.2) is 4.98 Å². The van der Waals surface area contributed by atoms with Crippen molar-refractivity contribution in [1.29, 1.82) is 0 Å². The van der Waals surface area contributed by atoms with Crippen molar-refractivity contribution in [2.24, 2.45) is 0 Å². The summed E-state index contributed by atoms with van der Waals surface area (Å²) >= 11 is 7.20. The van der Waals surface area contributed by atoms with E-state index in [9.17, 15) is 4.39 Å². The third kappa shape index (κ3) is 2.55. The quantitative estimate of drug-likeness (QED) is 0.748. The summed E-state index contributed by atoms with van der Waals surface area (Å²) in [6.45, 7) is 0. The van der Waals surface area contributed by atoms with Gasteiger partial charge in [0.25, 0.3) is 0 Å². The molecule has 1 aromatic heterocycles. The average Bonchev–Trinajstić information content (AvgIpc) is 2.69. The Bertz CT molecular complexity index is 455. The number of thiazole rings is 1. The van der Waals surface area contributed by atoms with Gasteiger partial charge in [0.15, 0.2) is 0 Å². The molecule has 4 heteroatoms. The van der Waals surface area contributed by atoms with Crippen LogP contribution in [0.5, 0.6) is 0 Å². The summed E-state index contributed by atoms with van der Waals surface area (Å²) in [7, 11) is 0. The smallest absolute Gasteiger partial charge is 0.126 e. The molecule has 0 saturated carbocycles. The van der Waals surface area contributed by atoms with Gasteiger partial charge in [-0.3, -0.25) is 0 Å². The Hall–Kier alpha value is -0.930. The van der Waals surface area contributed by atoms with Gasteiger partial charge in [-0.05, 0) is 11.6 Å². The van der Waals surface area contributed by atoms with Gasteiger partial charge in [0, 0.05) is 17.5 Å². The predicted molar refractivity (Wildman–Crippen MR) is 60.9 cm³/mol. The van der Waals surface area contributed by atoms with Gasteiger partial charge >= 0.3 is 0 Å². The molecule has 1 aromatic carbocycles. The van der Waals surface area contributed by atoms with Crippen LogP contribution in [0.1, 0.15) is 15.4 Å². The Morgan fingerprint density at radius 3 is 2.80 bits per heavy atom. The highest BCUT2D eigenvalue weighted by atomic mass is 35.5. The minimum absolute atomic E-state index is 0.180. The first-order valence-corrected chi connectivity index (χ1v) is 5.87. The number of hydrogen-bond acceptors (Lipinski definition) is 2. The van der Waals surface area contributed by atoms with Crippen molar-refractivity contribution in [3.63, 3.8) is 0 Å². The van der Waals surface area contributed by atoms with E-state index in [0.29, 0.717) is 17.9 Å². The Morgan fingerprint density at radius 1 is 1.33 bits per heavy atom. The van der Waals surface area contributed by atoms with Crippen molar-refractivity contribution in [2.45, 2.75) is 12.3 Å². The van der Waals surface area contributed by atoms with Gasteiger partial charge in [-0.25, -0.2) is 9.37 Å². The minimum atomic E-state index is -0.180. The van der Waals surface area contributed by atoms with Crippen LogP contribution in [0.4, 0.5) is 4.39 Å². The van der Waals surface area contributed by atoms with Crippen molar-refractivity contribution < 1.29 is 4.39 Å². The van der Waals surface area contributed by atoms with Gasteiger partial charge in [-0.2, -0.15) is 0 Å². The van der Waals surface area contributed by atoms with Gasteiger partial charge < -0.3 is 0 Å². The molecule has 0 unspecified atom stereocenters. The summed E-state index contributed by atoms with van der Waals surface area (Å²) in [4.78, 5) is 5.21. The van der Waals surface area contributed by atoms with Gasteiger partial charge in [-0.1, -0.05) is 18.2 Å². The summed E-state index contributed by atoms with van der Waals surface area (Å²) in [6.07, 6.45) is 2.28. The van der Waals surface area contributed by atoms with E-state index < -0.39 is 0 Å². The Labute approximate surface area is 96.5 Å². The highest BCUT2D eigenvalue weighted by molar-refractivity contribution is 7.11. The second-order valence-electron chi connectivity index (χ2n) is 3.12. The molecule has 0 spiro atoms. The van der Waals surface area contributed by atoms with E-state index in [0.717, 1.165) is 9.88 Å². The SMILES string of the molecule is Fc1ccccc1Cc1ncc(CCl)s1. The summed E-state index contributed by atoms with van der Waals surface area (Å²) in [5.41, 5.74) is 0.674. The molecule has 15 heavy (non-hydrogen) atoms.